The number of ether oxygens (including phenoxy) is 2. The number of amides is 2. The van der Waals surface area contributed by atoms with Crippen LogP contribution in [0, 0.1) is 5.82 Å². The van der Waals surface area contributed by atoms with Crippen LogP contribution in [-0.4, -0.2) is 32.6 Å². The summed E-state index contributed by atoms with van der Waals surface area (Å²) >= 11 is 0. The van der Waals surface area contributed by atoms with Gasteiger partial charge in [0.15, 0.2) is 0 Å². The number of hydrogen-bond donors (Lipinski definition) is 1. The Balaban J connectivity index is 1.85. The van der Waals surface area contributed by atoms with Crippen molar-refractivity contribution in [1.29, 1.82) is 0 Å². The van der Waals surface area contributed by atoms with E-state index in [0.717, 1.165) is 12.5 Å². The van der Waals surface area contributed by atoms with E-state index < -0.39 is 11.7 Å². The number of nitrogens with one attached hydrogen (secondary N) is 1. The molecule has 0 spiro atoms. The highest BCUT2D eigenvalue weighted by Gasteiger charge is 2.24. The Morgan fingerprint density at radius 2 is 1.88 bits per heavy atom. The van der Waals surface area contributed by atoms with Crippen LogP contribution in [0.25, 0.3) is 0 Å². The smallest absolute Gasteiger partial charge is 0.259 e. The van der Waals surface area contributed by atoms with Crippen molar-refractivity contribution in [3.8, 4) is 11.5 Å². The lowest BCUT2D eigenvalue weighted by Crippen LogP contribution is -2.24. The zero-order valence-corrected chi connectivity index (χ0v) is 14.5. The predicted molar refractivity (Wildman–Crippen MR) is 95.5 cm³/mol. The summed E-state index contributed by atoms with van der Waals surface area (Å²) < 4.78 is 23.9. The molecule has 2 aromatic rings. The number of benzene rings is 2. The minimum Gasteiger partial charge on any atom is -0.496 e. The number of methoxy groups -OCH3 is 2. The molecule has 0 unspecified atom stereocenters. The molecule has 1 heterocycles. The van der Waals surface area contributed by atoms with Gasteiger partial charge in [-0.15, -0.1) is 0 Å². The predicted octanol–water partition coefficient (Wildman–Crippen LogP) is 3.22. The molecular formula is C19H19FN2O4. The van der Waals surface area contributed by atoms with Crippen molar-refractivity contribution in [2.24, 2.45) is 0 Å². The van der Waals surface area contributed by atoms with Gasteiger partial charge in [-0.1, -0.05) is 0 Å². The van der Waals surface area contributed by atoms with Crippen LogP contribution >= 0.6 is 0 Å². The second-order valence-electron chi connectivity index (χ2n) is 5.83. The standard InChI is InChI=1S/C19H19FN2O4/c1-25-16-8-5-12(20)10-14(16)19(24)21-13-6-7-15(17(11-13)26-2)22-9-3-4-18(22)23/h5-8,10-11H,3-4,9H2,1-2H3,(H,21,24). The molecule has 0 bridgehead atoms. The lowest BCUT2D eigenvalue weighted by molar-refractivity contribution is -0.117. The maximum absolute atomic E-state index is 13.5. The number of carbonyl (C=O) groups excluding carboxylic acids is 2. The summed E-state index contributed by atoms with van der Waals surface area (Å²) in [5.41, 5.74) is 1.22. The molecule has 1 N–H and O–H groups in total. The van der Waals surface area contributed by atoms with E-state index in [-0.39, 0.29) is 17.2 Å². The Morgan fingerprint density at radius 3 is 2.54 bits per heavy atom. The molecule has 136 valence electrons. The molecule has 0 saturated carbocycles. The number of hydrogen-bond acceptors (Lipinski definition) is 4. The van der Waals surface area contributed by atoms with Crippen molar-refractivity contribution < 1.29 is 23.5 Å². The van der Waals surface area contributed by atoms with Gasteiger partial charge >= 0.3 is 0 Å². The Morgan fingerprint density at radius 1 is 1.12 bits per heavy atom. The molecule has 1 saturated heterocycles. The fraction of sp³-hybridized carbons (Fsp3) is 0.263. The molecule has 2 aromatic carbocycles. The summed E-state index contributed by atoms with van der Waals surface area (Å²) in [6.45, 7) is 0.640. The first-order valence-corrected chi connectivity index (χ1v) is 8.17. The topological polar surface area (TPSA) is 67.9 Å². The van der Waals surface area contributed by atoms with Crippen LogP contribution in [0.1, 0.15) is 23.2 Å². The van der Waals surface area contributed by atoms with Crippen molar-refractivity contribution in [2.75, 3.05) is 31.0 Å². The minimum absolute atomic E-state index is 0.0459. The third-order valence-electron chi connectivity index (χ3n) is 4.21. The summed E-state index contributed by atoms with van der Waals surface area (Å²) in [4.78, 5) is 26.1. The van der Waals surface area contributed by atoms with Gasteiger partial charge in [0.1, 0.15) is 17.3 Å². The third-order valence-corrected chi connectivity index (χ3v) is 4.21. The van der Waals surface area contributed by atoms with Crippen LogP contribution in [0.15, 0.2) is 36.4 Å². The van der Waals surface area contributed by atoms with E-state index in [4.69, 9.17) is 9.47 Å². The number of carbonyl (C=O) groups is 2. The van der Waals surface area contributed by atoms with Crippen LogP contribution in [0.5, 0.6) is 11.5 Å². The second kappa shape index (κ2) is 7.43. The average Bonchev–Trinajstić information content (AvgIpc) is 3.07. The summed E-state index contributed by atoms with van der Waals surface area (Å²) in [5, 5.41) is 2.69. The molecule has 7 heteroatoms. The monoisotopic (exact) mass is 358 g/mol. The largest absolute Gasteiger partial charge is 0.496 e. The van der Waals surface area contributed by atoms with E-state index >= 15 is 0 Å². The molecule has 1 aliphatic heterocycles. The molecule has 0 aliphatic carbocycles. The normalized spacial score (nSPS) is 13.7. The Kier molecular flexibility index (Phi) is 5.06. The summed E-state index contributed by atoms with van der Waals surface area (Å²) in [6, 6.07) is 8.76. The van der Waals surface area contributed by atoms with Gasteiger partial charge in [0, 0.05) is 24.7 Å². The maximum atomic E-state index is 13.5. The van der Waals surface area contributed by atoms with Gasteiger partial charge in [-0.3, -0.25) is 9.59 Å². The number of anilines is 2. The van der Waals surface area contributed by atoms with Crippen molar-refractivity contribution in [3.63, 3.8) is 0 Å². The first-order chi connectivity index (χ1) is 12.5. The molecule has 1 fully saturated rings. The first kappa shape index (κ1) is 17.7. The highest BCUT2D eigenvalue weighted by molar-refractivity contribution is 6.06. The van der Waals surface area contributed by atoms with Crippen molar-refractivity contribution in [3.05, 3.63) is 47.8 Å². The third kappa shape index (κ3) is 3.46. The quantitative estimate of drug-likeness (QED) is 0.891. The van der Waals surface area contributed by atoms with E-state index in [1.54, 1.807) is 23.1 Å². The SMILES string of the molecule is COc1ccc(F)cc1C(=O)Nc1ccc(N2CCCC2=O)c(OC)c1. The van der Waals surface area contributed by atoms with Crippen LogP contribution in [0.2, 0.25) is 0 Å². The van der Waals surface area contributed by atoms with E-state index in [0.29, 0.717) is 30.1 Å². The van der Waals surface area contributed by atoms with E-state index in [1.807, 2.05) is 0 Å². The van der Waals surface area contributed by atoms with Gasteiger partial charge in [-0.2, -0.15) is 0 Å². The van der Waals surface area contributed by atoms with Crippen molar-refractivity contribution in [1.82, 2.24) is 0 Å². The highest BCUT2D eigenvalue weighted by atomic mass is 19.1. The van der Waals surface area contributed by atoms with Crippen LogP contribution in [0.4, 0.5) is 15.8 Å². The molecule has 1 aliphatic rings. The molecule has 26 heavy (non-hydrogen) atoms. The van der Waals surface area contributed by atoms with E-state index in [2.05, 4.69) is 5.32 Å². The fourth-order valence-corrected chi connectivity index (χ4v) is 2.94. The van der Waals surface area contributed by atoms with Gasteiger partial charge in [0.2, 0.25) is 5.91 Å². The molecular weight excluding hydrogens is 339 g/mol. The zero-order chi connectivity index (χ0) is 18.7. The van der Waals surface area contributed by atoms with E-state index in [9.17, 15) is 14.0 Å². The lowest BCUT2D eigenvalue weighted by atomic mass is 10.1. The summed E-state index contributed by atoms with van der Waals surface area (Å²) in [7, 11) is 2.91. The lowest BCUT2D eigenvalue weighted by Gasteiger charge is -2.19. The molecule has 0 radical (unpaired) electrons. The Bertz CT molecular complexity index is 853. The van der Waals surface area contributed by atoms with Gasteiger partial charge < -0.3 is 19.7 Å². The molecule has 6 nitrogen and oxygen atoms in total. The van der Waals surface area contributed by atoms with Crippen LogP contribution < -0.4 is 19.7 Å². The minimum atomic E-state index is -0.531. The van der Waals surface area contributed by atoms with Gasteiger partial charge in [0.25, 0.3) is 5.91 Å². The number of rotatable bonds is 5. The molecule has 2 amide bonds. The molecule has 0 atom stereocenters. The first-order valence-electron chi connectivity index (χ1n) is 8.17. The van der Waals surface area contributed by atoms with Crippen molar-refractivity contribution >= 4 is 23.2 Å². The average molecular weight is 358 g/mol. The Labute approximate surface area is 150 Å². The second-order valence-corrected chi connectivity index (χ2v) is 5.83. The molecule has 3 rings (SSSR count). The maximum Gasteiger partial charge on any atom is 0.259 e. The number of halogens is 1. The van der Waals surface area contributed by atoms with E-state index in [1.165, 1.54) is 26.4 Å². The van der Waals surface area contributed by atoms with Crippen molar-refractivity contribution in [2.45, 2.75) is 12.8 Å². The summed E-state index contributed by atoms with van der Waals surface area (Å²) in [6.07, 6.45) is 1.32. The fourth-order valence-electron chi connectivity index (χ4n) is 2.94. The zero-order valence-electron chi connectivity index (χ0n) is 14.5. The molecule has 0 aromatic heterocycles. The van der Waals surface area contributed by atoms with Gasteiger partial charge in [-0.05, 0) is 36.8 Å². The number of nitrogens with zero attached hydrogens (tertiary/aromatic N) is 1. The van der Waals surface area contributed by atoms with Gasteiger partial charge in [0.05, 0.1) is 25.5 Å². The Hall–Kier alpha value is -3.09. The van der Waals surface area contributed by atoms with Crippen LogP contribution in [-0.2, 0) is 4.79 Å². The van der Waals surface area contributed by atoms with Gasteiger partial charge in [-0.25, -0.2) is 4.39 Å². The highest BCUT2D eigenvalue weighted by Crippen LogP contribution is 2.34. The summed E-state index contributed by atoms with van der Waals surface area (Å²) in [5.74, 6) is -0.242. The van der Waals surface area contributed by atoms with Crippen LogP contribution in [0.3, 0.4) is 0 Å².